The number of nitrogens with zero attached hydrogens (tertiary/aromatic N) is 2. The standard InChI is InChI=1S/C17H24N4O3/c1-21(2)14(15-5-4-9-24-15)12-20-16-7-6-13(11-19-16)17(22)18-8-10-23-3/h4-7,9,11,14H,8,10,12H2,1-3H3,(H,18,22)(H,19,20). The van der Waals surface area contributed by atoms with Gasteiger partial charge in [0.15, 0.2) is 0 Å². The Kier molecular flexibility index (Phi) is 6.77. The van der Waals surface area contributed by atoms with Crippen molar-refractivity contribution in [1.29, 1.82) is 0 Å². The monoisotopic (exact) mass is 332 g/mol. The minimum absolute atomic E-state index is 0.0961. The SMILES string of the molecule is COCCNC(=O)c1ccc(NCC(c2ccco2)N(C)C)nc1. The van der Waals surface area contributed by atoms with Crippen LogP contribution in [-0.4, -0.2) is 56.7 Å². The van der Waals surface area contributed by atoms with Gasteiger partial charge in [0.1, 0.15) is 11.6 Å². The third-order valence-electron chi connectivity index (χ3n) is 3.59. The van der Waals surface area contributed by atoms with Gasteiger partial charge in [-0.3, -0.25) is 9.69 Å². The molecule has 7 heteroatoms. The van der Waals surface area contributed by atoms with Gasteiger partial charge >= 0.3 is 0 Å². The molecule has 2 rings (SSSR count). The molecule has 2 N–H and O–H groups in total. The predicted molar refractivity (Wildman–Crippen MR) is 92.1 cm³/mol. The van der Waals surface area contributed by atoms with E-state index in [9.17, 15) is 4.79 Å². The zero-order valence-electron chi connectivity index (χ0n) is 14.3. The van der Waals surface area contributed by atoms with Crippen LogP contribution in [0.1, 0.15) is 22.2 Å². The molecule has 1 amide bonds. The van der Waals surface area contributed by atoms with Crippen molar-refractivity contribution in [2.24, 2.45) is 0 Å². The molecule has 0 spiro atoms. The van der Waals surface area contributed by atoms with Gasteiger partial charge in [-0.2, -0.15) is 0 Å². The van der Waals surface area contributed by atoms with Crippen LogP contribution in [0.15, 0.2) is 41.1 Å². The summed E-state index contributed by atoms with van der Waals surface area (Å²) in [7, 11) is 5.59. The number of methoxy groups -OCH3 is 1. The Hall–Kier alpha value is -2.38. The lowest BCUT2D eigenvalue weighted by Crippen LogP contribution is -2.27. The largest absolute Gasteiger partial charge is 0.468 e. The first kappa shape index (κ1) is 18.0. The summed E-state index contributed by atoms with van der Waals surface area (Å²) in [5, 5.41) is 6.03. The van der Waals surface area contributed by atoms with Crippen LogP contribution < -0.4 is 10.6 Å². The number of hydrogen-bond donors (Lipinski definition) is 2. The molecule has 24 heavy (non-hydrogen) atoms. The van der Waals surface area contributed by atoms with Gasteiger partial charge in [0.2, 0.25) is 0 Å². The molecule has 0 aliphatic carbocycles. The number of anilines is 1. The number of amides is 1. The molecule has 0 bridgehead atoms. The molecule has 2 aromatic rings. The lowest BCUT2D eigenvalue weighted by molar-refractivity contribution is 0.0937. The maximum atomic E-state index is 11.9. The molecule has 2 aromatic heterocycles. The van der Waals surface area contributed by atoms with Crippen LogP contribution >= 0.6 is 0 Å². The normalized spacial score (nSPS) is 12.2. The van der Waals surface area contributed by atoms with Gasteiger partial charge in [-0.15, -0.1) is 0 Å². The van der Waals surface area contributed by atoms with Gasteiger partial charge in [0.05, 0.1) is 24.5 Å². The molecule has 130 valence electrons. The van der Waals surface area contributed by atoms with Crippen LogP contribution in [0.2, 0.25) is 0 Å². The fraction of sp³-hybridized carbons (Fsp3) is 0.412. The molecule has 1 unspecified atom stereocenters. The van der Waals surface area contributed by atoms with Crippen molar-refractivity contribution in [2.45, 2.75) is 6.04 Å². The smallest absolute Gasteiger partial charge is 0.252 e. The minimum atomic E-state index is -0.159. The van der Waals surface area contributed by atoms with Crippen LogP contribution in [0.5, 0.6) is 0 Å². The van der Waals surface area contributed by atoms with E-state index in [4.69, 9.17) is 9.15 Å². The van der Waals surface area contributed by atoms with E-state index in [1.807, 2.05) is 26.2 Å². The summed E-state index contributed by atoms with van der Waals surface area (Å²) in [6.45, 7) is 1.60. The molecule has 7 nitrogen and oxygen atoms in total. The maximum Gasteiger partial charge on any atom is 0.252 e. The van der Waals surface area contributed by atoms with E-state index < -0.39 is 0 Å². The van der Waals surface area contributed by atoms with Crippen LogP contribution in [0, 0.1) is 0 Å². The molecule has 0 aromatic carbocycles. The van der Waals surface area contributed by atoms with Crippen LogP contribution in [0.25, 0.3) is 0 Å². The second-order valence-electron chi connectivity index (χ2n) is 5.56. The Balaban J connectivity index is 1.90. The van der Waals surface area contributed by atoms with Crippen molar-refractivity contribution in [3.63, 3.8) is 0 Å². The maximum absolute atomic E-state index is 11.9. The summed E-state index contributed by atoms with van der Waals surface area (Å²) in [5.41, 5.74) is 0.520. The van der Waals surface area contributed by atoms with Gasteiger partial charge in [-0.05, 0) is 38.4 Å². The van der Waals surface area contributed by atoms with Crippen LogP contribution in [0.3, 0.4) is 0 Å². The molecule has 0 aliphatic heterocycles. The van der Waals surface area contributed by atoms with Crippen molar-refractivity contribution < 1.29 is 13.9 Å². The van der Waals surface area contributed by atoms with Crippen molar-refractivity contribution in [3.05, 3.63) is 48.0 Å². The first-order chi connectivity index (χ1) is 11.6. The Labute approximate surface area is 142 Å². The number of nitrogens with one attached hydrogen (secondary N) is 2. The van der Waals surface area contributed by atoms with Crippen LogP contribution in [0.4, 0.5) is 5.82 Å². The molecule has 2 heterocycles. The highest BCUT2D eigenvalue weighted by Crippen LogP contribution is 2.19. The average molecular weight is 332 g/mol. The van der Waals surface area contributed by atoms with Crippen molar-refractivity contribution >= 4 is 11.7 Å². The summed E-state index contributed by atoms with van der Waals surface area (Å²) < 4.78 is 10.4. The summed E-state index contributed by atoms with van der Waals surface area (Å²) >= 11 is 0. The first-order valence-corrected chi connectivity index (χ1v) is 7.78. The van der Waals surface area contributed by atoms with E-state index in [1.54, 1.807) is 31.7 Å². The third kappa shape index (κ3) is 5.07. The van der Waals surface area contributed by atoms with E-state index in [-0.39, 0.29) is 11.9 Å². The topological polar surface area (TPSA) is 79.6 Å². The second kappa shape index (κ2) is 9.05. The van der Waals surface area contributed by atoms with E-state index in [0.29, 0.717) is 31.1 Å². The number of rotatable bonds is 9. The fourth-order valence-corrected chi connectivity index (χ4v) is 2.22. The lowest BCUT2D eigenvalue weighted by Gasteiger charge is -2.22. The number of hydrogen-bond acceptors (Lipinski definition) is 6. The molecule has 0 aliphatic rings. The fourth-order valence-electron chi connectivity index (χ4n) is 2.22. The number of pyridine rings is 1. The van der Waals surface area contributed by atoms with E-state index >= 15 is 0 Å². The highest BCUT2D eigenvalue weighted by molar-refractivity contribution is 5.94. The summed E-state index contributed by atoms with van der Waals surface area (Å²) in [4.78, 5) is 18.3. The molecule has 0 radical (unpaired) electrons. The number of aromatic nitrogens is 1. The minimum Gasteiger partial charge on any atom is -0.468 e. The number of ether oxygens (including phenoxy) is 1. The van der Waals surface area contributed by atoms with Crippen molar-refractivity contribution in [2.75, 3.05) is 46.2 Å². The summed E-state index contributed by atoms with van der Waals surface area (Å²) in [5.74, 6) is 1.44. The van der Waals surface area contributed by atoms with Gasteiger partial charge in [0, 0.05) is 26.4 Å². The molecular formula is C17H24N4O3. The highest BCUT2D eigenvalue weighted by Gasteiger charge is 2.16. The zero-order valence-corrected chi connectivity index (χ0v) is 14.3. The third-order valence-corrected chi connectivity index (χ3v) is 3.59. The van der Waals surface area contributed by atoms with Crippen LogP contribution in [-0.2, 0) is 4.74 Å². The average Bonchev–Trinajstić information content (AvgIpc) is 3.09. The molecular weight excluding hydrogens is 308 g/mol. The molecule has 1 atom stereocenters. The zero-order chi connectivity index (χ0) is 17.4. The van der Waals surface area contributed by atoms with Gasteiger partial charge in [-0.25, -0.2) is 4.98 Å². The van der Waals surface area contributed by atoms with Gasteiger partial charge in [-0.1, -0.05) is 0 Å². The highest BCUT2D eigenvalue weighted by atomic mass is 16.5. The van der Waals surface area contributed by atoms with Crippen molar-refractivity contribution in [3.8, 4) is 0 Å². The molecule has 0 saturated heterocycles. The van der Waals surface area contributed by atoms with E-state index in [1.165, 1.54) is 0 Å². The first-order valence-electron chi connectivity index (χ1n) is 7.78. The summed E-state index contributed by atoms with van der Waals surface area (Å²) in [6.07, 6.45) is 3.23. The number of carbonyl (C=O) groups excluding carboxylic acids is 1. The number of likely N-dealkylation sites (N-methyl/N-ethyl adjacent to an activating group) is 1. The molecule has 0 fully saturated rings. The number of carbonyl (C=O) groups is 1. The Morgan fingerprint density at radius 1 is 1.38 bits per heavy atom. The summed E-state index contributed by atoms with van der Waals surface area (Å²) in [6, 6.07) is 7.46. The second-order valence-corrected chi connectivity index (χ2v) is 5.56. The van der Waals surface area contributed by atoms with Gasteiger partial charge in [0.25, 0.3) is 5.91 Å². The quantitative estimate of drug-likeness (QED) is 0.681. The Bertz CT molecular complexity index is 611. The predicted octanol–water partition coefficient (Wildman–Crippen LogP) is 1.77. The lowest BCUT2D eigenvalue weighted by atomic mass is 10.2. The van der Waals surface area contributed by atoms with Crippen molar-refractivity contribution in [1.82, 2.24) is 15.2 Å². The molecule has 0 saturated carbocycles. The van der Waals surface area contributed by atoms with E-state index in [0.717, 1.165) is 5.76 Å². The Morgan fingerprint density at radius 3 is 2.79 bits per heavy atom. The number of furan rings is 1. The van der Waals surface area contributed by atoms with Gasteiger partial charge < -0.3 is 19.8 Å². The Morgan fingerprint density at radius 2 is 2.21 bits per heavy atom. The van der Waals surface area contributed by atoms with E-state index in [2.05, 4.69) is 20.5 Å².